The molecule has 0 aliphatic heterocycles. The Balaban J connectivity index is 0.000000328. The van der Waals surface area contributed by atoms with Crippen molar-refractivity contribution in [1.29, 1.82) is 0 Å². The van der Waals surface area contributed by atoms with E-state index in [1.165, 1.54) is 0 Å². The summed E-state index contributed by atoms with van der Waals surface area (Å²) in [6.45, 7) is 5.33. The number of hydrogen-bond donors (Lipinski definition) is 1. The van der Waals surface area contributed by atoms with Gasteiger partial charge in [0.2, 0.25) is 0 Å². The number of rotatable bonds is 5. The molecule has 1 N–H and O–H groups in total. The molecule has 0 aromatic heterocycles. The smallest absolute Gasteiger partial charge is 0.541 e. The van der Waals surface area contributed by atoms with Gasteiger partial charge in [-0.1, -0.05) is 63.6 Å². The van der Waals surface area contributed by atoms with Crippen molar-refractivity contribution in [2.75, 3.05) is 0 Å². The maximum absolute atomic E-state index is 11.8. The molecule has 4 bridgehead atoms. The zero-order chi connectivity index (χ0) is 23.1. The van der Waals surface area contributed by atoms with Gasteiger partial charge in [-0.15, -0.1) is 5.92 Å². The summed E-state index contributed by atoms with van der Waals surface area (Å²) in [7, 11) is -4.74. The maximum atomic E-state index is 11.8. The monoisotopic (exact) mass is 914 g/mol. The molecule has 4 aliphatic carbocycles. The van der Waals surface area contributed by atoms with Crippen LogP contribution in [0.1, 0.15) is 39.0 Å². The Kier molecular flexibility index (Phi) is 10.5. The Morgan fingerprint density at radius 1 is 1.23 bits per heavy atom. The van der Waals surface area contributed by atoms with Gasteiger partial charge in [-0.3, -0.25) is 10.8 Å². The molecule has 0 spiro atoms. The second-order valence-corrected chi connectivity index (χ2v) is 16.7. The Morgan fingerprint density at radius 3 is 2.03 bits per heavy atom. The van der Waals surface area contributed by atoms with Crippen LogP contribution < -0.4 is 0 Å². The van der Waals surface area contributed by atoms with Crippen molar-refractivity contribution in [2.24, 2.45) is 23.7 Å². The average molecular weight is 914 g/mol. The molecule has 0 saturated heterocycles. The third-order valence-corrected chi connectivity index (χ3v) is 10.5. The minimum atomic E-state index is -4.74. The SMILES string of the molecule is C=C(C)C(=O)OC12CC3CC(C1)C([C-]=O)C(C3)C2.O=S(=O)(O)C(I)(I)[CH-]C(F)(F)F.[U+2]. The van der Waals surface area contributed by atoms with Crippen LogP contribution in [0.5, 0.6) is 0 Å². The van der Waals surface area contributed by atoms with Crippen molar-refractivity contribution < 1.29 is 71.6 Å². The second-order valence-electron chi connectivity index (χ2n) is 8.19. The quantitative estimate of drug-likeness (QED) is 0.109. The van der Waals surface area contributed by atoms with Crippen LogP contribution in [0, 0.1) is 61.2 Å². The summed E-state index contributed by atoms with van der Waals surface area (Å²) < 4.78 is 67.3. The van der Waals surface area contributed by atoms with Crippen molar-refractivity contribution >= 4 is 67.6 Å². The molecule has 4 rings (SSSR count). The van der Waals surface area contributed by atoms with E-state index >= 15 is 0 Å². The summed E-state index contributed by atoms with van der Waals surface area (Å²) in [5.74, 6) is 1.20. The van der Waals surface area contributed by atoms with Crippen molar-refractivity contribution in [2.45, 2.75) is 51.6 Å². The zero-order valence-corrected chi connectivity index (χ0v) is 25.7. The van der Waals surface area contributed by atoms with Gasteiger partial charge in [-0.2, -0.15) is 6.42 Å². The van der Waals surface area contributed by atoms with Gasteiger partial charge < -0.3 is 9.53 Å². The molecule has 0 aromatic carbocycles. The van der Waals surface area contributed by atoms with Gasteiger partial charge in [0, 0.05) is 5.57 Å². The molecule has 0 amide bonds. The third kappa shape index (κ3) is 7.80. The van der Waals surface area contributed by atoms with Crippen LogP contribution in [-0.4, -0.2) is 37.8 Å². The first kappa shape index (κ1) is 30.1. The predicted molar refractivity (Wildman–Crippen MR) is 119 cm³/mol. The molecule has 6 nitrogen and oxygen atoms in total. The standard InChI is InChI=1S/C15H19O3.C3H2F3I2O3S.U/c1-9(2)14(17)18-15-5-10-3-11(6-15)13(8-16)12(4-10)7-15;4-2(5,6)1-3(7,8)12(9,10)11;/h10-13H,1,3-7H2,2H3;1H,(H,9,10,11);/q2*-1;+2. The topological polar surface area (TPSA) is 97.7 Å². The summed E-state index contributed by atoms with van der Waals surface area (Å²) in [5, 5.41) is 0. The van der Waals surface area contributed by atoms with Gasteiger partial charge in [0.1, 0.15) is 5.60 Å². The van der Waals surface area contributed by atoms with Gasteiger partial charge in [0.25, 0.3) is 16.3 Å². The minimum absolute atomic E-state index is 0. The third-order valence-electron chi connectivity index (χ3n) is 5.69. The summed E-state index contributed by atoms with van der Waals surface area (Å²) in [4.78, 5) is 22.9. The van der Waals surface area contributed by atoms with Crippen molar-refractivity contribution in [3.63, 3.8) is 0 Å². The van der Waals surface area contributed by atoms with Gasteiger partial charge in [0.05, 0.1) is 0.760 Å². The largest absolute Gasteiger partial charge is 2.00 e. The van der Waals surface area contributed by atoms with E-state index in [0.717, 1.165) is 77.3 Å². The fourth-order valence-electron chi connectivity index (χ4n) is 4.82. The number of carbonyl (C=O) groups excluding carboxylic acids is 2. The van der Waals surface area contributed by atoms with Crippen LogP contribution in [-0.2, 0) is 24.4 Å². The summed E-state index contributed by atoms with van der Waals surface area (Å²) >= 11 is 1.96. The van der Waals surface area contributed by atoms with Crippen LogP contribution >= 0.6 is 45.2 Å². The van der Waals surface area contributed by atoms with Crippen LogP contribution in [0.2, 0.25) is 0 Å². The van der Waals surface area contributed by atoms with E-state index in [2.05, 4.69) is 12.9 Å². The minimum Gasteiger partial charge on any atom is -0.541 e. The number of carbonyl (C=O) groups is 1. The number of halogens is 5. The van der Waals surface area contributed by atoms with Crippen LogP contribution in [0.4, 0.5) is 13.2 Å². The Labute approximate surface area is 230 Å². The van der Waals surface area contributed by atoms with E-state index in [4.69, 9.17) is 9.29 Å². The van der Waals surface area contributed by atoms with Crippen LogP contribution in [0.25, 0.3) is 0 Å². The van der Waals surface area contributed by atoms with E-state index in [1.807, 2.05) is 0 Å². The molecular weight excluding hydrogens is 893 g/mol. The molecule has 4 fully saturated rings. The molecule has 4 aliphatic rings. The second kappa shape index (κ2) is 10.8. The van der Waals surface area contributed by atoms with Crippen LogP contribution in [0.3, 0.4) is 0 Å². The van der Waals surface area contributed by atoms with Gasteiger partial charge in [-0.25, -0.2) is 26.4 Å². The molecule has 174 valence electrons. The van der Waals surface area contributed by atoms with E-state index in [-0.39, 0.29) is 48.6 Å². The Hall–Kier alpha value is 1.09. The fourth-order valence-corrected chi connectivity index (χ4v) is 5.80. The normalized spacial score (nSPS) is 31.7. The predicted octanol–water partition coefficient (Wildman–Crippen LogP) is 4.57. The average Bonchev–Trinajstić information content (AvgIpc) is 2.50. The Bertz CT molecular complexity index is 802. The summed E-state index contributed by atoms with van der Waals surface area (Å²) in [5.41, 5.74) is 0.157. The molecule has 4 saturated carbocycles. The van der Waals surface area contributed by atoms with Crippen LogP contribution in [0.15, 0.2) is 12.2 Å². The first-order valence-corrected chi connectivity index (χ1v) is 12.6. The molecule has 0 radical (unpaired) electrons. The zero-order valence-electron chi connectivity index (χ0n) is 16.4. The molecule has 31 heavy (non-hydrogen) atoms. The molecular formula is C18H21F3I2O6SU. The first-order chi connectivity index (χ1) is 13.5. The number of hydrogen-bond acceptors (Lipinski definition) is 5. The number of esters is 1. The number of alkyl halides is 5. The van der Waals surface area contributed by atoms with Crippen molar-refractivity contribution in [3.8, 4) is 0 Å². The van der Waals surface area contributed by atoms with Gasteiger partial charge in [-0.05, 0) is 44.9 Å². The number of ether oxygens (including phenoxy) is 1. The van der Waals surface area contributed by atoms with E-state index in [9.17, 15) is 31.2 Å². The maximum Gasteiger partial charge on any atom is 2.00 e. The fraction of sp³-hybridized carbons (Fsp3) is 0.722. The molecule has 0 aromatic rings. The molecule has 2 atom stereocenters. The van der Waals surface area contributed by atoms with E-state index < -0.39 is 23.5 Å². The van der Waals surface area contributed by atoms with Gasteiger partial charge >= 0.3 is 37.1 Å². The Morgan fingerprint density at radius 2 is 1.71 bits per heavy atom. The molecule has 2 unspecified atom stereocenters. The van der Waals surface area contributed by atoms with Gasteiger partial charge in [0.15, 0.2) is 0 Å². The van der Waals surface area contributed by atoms with E-state index in [0.29, 0.717) is 23.3 Å². The molecule has 0 heterocycles. The first-order valence-electron chi connectivity index (χ1n) is 9.04. The van der Waals surface area contributed by atoms with E-state index in [1.54, 1.807) is 6.92 Å². The molecule has 13 heteroatoms. The summed E-state index contributed by atoms with van der Waals surface area (Å²) in [6, 6.07) is 0. The van der Waals surface area contributed by atoms with Crippen molar-refractivity contribution in [1.82, 2.24) is 0 Å². The van der Waals surface area contributed by atoms with Crippen molar-refractivity contribution in [3.05, 3.63) is 18.6 Å². The summed E-state index contributed by atoms with van der Waals surface area (Å²) in [6.07, 6.45) is 1.98.